The second kappa shape index (κ2) is 4.38. The zero-order chi connectivity index (χ0) is 10.8. The Morgan fingerprint density at radius 3 is 2.40 bits per heavy atom. The van der Waals surface area contributed by atoms with Crippen molar-refractivity contribution in [3.8, 4) is 11.1 Å². The fraction of sp³-hybridized carbons (Fsp3) is 0.0769. The summed E-state index contributed by atoms with van der Waals surface area (Å²) >= 11 is 9.76. The normalized spacial score (nSPS) is 10.3. The van der Waals surface area contributed by atoms with E-state index in [9.17, 15) is 0 Å². The average molecular weight is 282 g/mol. The standard InChI is InChI=1S/C13H10BrCl/c1-9-5-4-8-12(15)13(9)10-6-2-3-7-11(10)14/h2-8H,1H3. The van der Waals surface area contributed by atoms with Gasteiger partial charge in [0.05, 0.1) is 0 Å². The van der Waals surface area contributed by atoms with Crippen molar-refractivity contribution in [3.63, 3.8) is 0 Å². The average Bonchev–Trinajstić information content (AvgIpc) is 2.20. The molecule has 0 nitrogen and oxygen atoms in total. The van der Waals surface area contributed by atoms with Crippen LogP contribution >= 0.6 is 27.5 Å². The minimum atomic E-state index is 0.793. The Morgan fingerprint density at radius 2 is 1.73 bits per heavy atom. The van der Waals surface area contributed by atoms with E-state index >= 15 is 0 Å². The van der Waals surface area contributed by atoms with Gasteiger partial charge in [-0.1, -0.05) is 57.9 Å². The van der Waals surface area contributed by atoms with Gasteiger partial charge in [0, 0.05) is 15.1 Å². The molecule has 0 saturated heterocycles. The molecule has 0 unspecified atom stereocenters. The minimum absolute atomic E-state index is 0.793. The molecular formula is C13H10BrCl. The predicted octanol–water partition coefficient (Wildman–Crippen LogP) is 5.08. The van der Waals surface area contributed by atoms with Crippen LogP contribution in [-0.2, 0) is 0 Å². The van der Waals surface area contributed by atoms with Crippen LogP contribution in [0.3, 0.4) is 0 Å². The van der Waals surface area contributed by atoms with Crippen LogP contribution in [0.25, 0.3) is 11.1 Å². The van der Waals surface area contributed by atoms with E-state index in [2.05, 4.69) is 35.0 Å². The monoisotopic (exact) mass is 280 g/mol. The molecule has 15 heavy (non-hydrogen) atoms. The number of aryl methyl sites for hydroxylation is 1. The fourth-order valence-electron chi connectivity index (χ4n) is 1.64. The van der Waals surface area contributed by atoms with Crippen molar-refractivity contribution in [1.82, 2.24) is 0 Å². The molecule has 2 heteroatoms. The first-order chi connectivity index (χ1) is 7.20. The molecule has 0 aromatic heterocycles. The van der Waals surface area contributed by atoms with Crippen molar-refractivity contribution >= 4 is 27.5 Å². The highest BCUT2D eigenvalue weighted by atomic mass is 79.9. The first-order valence-corrected chi connectivity index (χ1v) is 5.87. The Hall–Kier alpha value is -0.790. The molecule has 0 N–H and O–H groups in total. The molecule has 0 bridgehead atoms. The van der Waals surface area contributed by atoms with E-state index in [0.29, 0.717) is 0 Å². The zero-order valence-electron chi connectivity index (χ0n) is 8.30. The Labute approximate surface area is 103 Å². The van der Waals surface area contributed by atoms with Crippen LogP contribution in [0.5, 0.6) is 0 Å². The Balaban J connectivity index is 2.69. The van der Waals surface area contributed by atoms with E-state index in [1.54, 1.807) is 0 Å². The highest BCUT2D eigenvalue weighted by Crippen LogP contribution is 2.35. The fourth-order valence-corrected chi connectivity index (χ4v) is 2.44. The first kappa shape index (κ1) is 10.7. The molecule has 2 aromatic rings. The number of halogens is 2. The van der Waals surface area contributed by atoms with E-state index in [4.69, 9.17) is 11.6 Å². The van der Waals surface area contributed by atoms with Gasteiger partial charge in [0.15, 0.2) is 0 Å². The van der Waals surface area contributed by atoms with Gasteiger partial charge < -0.3 is 0 Å². The molecule has 0 heterocycles. The van der Waals surface area contributed by atoms with E-state index in [1.165, 1.54) is 5.56 Å². The van der Waals surface area contributed by atoms with E-state index in [-0.39, 0.29) is 0 Å². The van der Waals surface area contributed by atoms with Gasteiger partial charge in [-0.25, -0.2) is 0 Å². The van der Waals surface area contributed by atoms with Crippen LogP contribution in [0.2, 0.25) is 5.02 Å². The smallest absolute Gasteiger partial charge is 0.0487 e. The highest BCUT2D eigenvalue weighted by Gasteiger charge is 2.08. The summed E-state index contributed by atoms with van der Waals surface area (Å²) in [5, 5.41) is 0.793. The molecule has 0 radical (unpaired) electrons. The topological polar surface area (TPSA) is 0 Å². The first-order valence-electron chi connectivity index (χ1n) is 4.70. The van der Waals surface area contributed by atoms with Crippen LogP contribution in [0, 0.1) is 6.92 Å². The van der Waals surface area contributed by atoms with Crippen molar-refractivity contribution in [1.29, 1.82) is 0 Å². The summed E-state index contributed by atoms with van der Waals surface area (Å²) in [7, 11) is 0. The summed E-state index contributed by atoms with van der Waals surface area (Å²) < 4.78 is 1.07. The zero-order valence-corrected chi connectivity index (χ0v) is 10.6. The quantitative estimate of drug-likeness (QED) is 0.684. The molecule has 76 valence electrons. The summed E-state index contributed by atoms with van der Waals surface area (Å²) in [4.78, 5) is 0. The van der Waals surface area contributed by atoms with Gasteiger partial charge in [-0.2, -0.15) is 0 Å². The Kier molecular flexibility index (Phi) is 3.13. The minimum Gasteiger partial charge on any atom is -0.0837 e. The van der Waals surface area contributed by atoms with Crippen molar-refractivity contribution in [2.24, 2.45) is 0 Å². The molecular weight excluding hydrogens is 272 g/mol. The largest absolute Gasteiger partial charge is 0.0837 e. The van der Waals surface area contributed by atoms with Crippen molar-refractivity contribution < 1.29 is 0 Å². The molecule has 0 aliphatic carbocycles. The third kappa shape index (κ3) is 2.09. The third-order valence-electron chi connectivity index (χ3n) is 2.37. The lowest BCUT2D eigenvalue weighted by Gasteiger charge is -2.09. The van der Waals surface area contributed by atoms with E-state index in [1.807, 2.05) is 30.3 Å². The second-order valence-electron chi connectivity index (χ2n) is 3.41. The second-order valence-corrected chi connectivity index (χ2v) is 4.67. The lowest BCUT2D eigenvalue weighted by molar-refractivity contribution is 1.45. The maximum Gasteiger partial charge on any atom is 0.0487 e. The summed E-state index contributed by atoms with van der Waals surface area (Å²) in [5.41, 5.74) is 3.43. The summed E-state index contributed by atoms with van der Waals surface area (Å²) in [6.07, 6.45) is 0. The molecule has 0 spiro atoms. The summed E-state index contributed by atoms with van der Waals surface area (Å²) in [5.74, 6) is 0. The molecule has 2 aromatic carbocycles. The van der Waals surface area contributed by atoms with Gasteiger partial charge in [0.1, 0.15) is 0 Å². The molecule has 0 amide bonds. The summed E-state index contributed by atoms with van der Waals surface area (Å²) in [6.45, 7) is 2.07. The molecule has 2 rings (SSSR count). The third-order valence-corrected chi connectivity index (χ3v) is 3.37. The van der Waals surface area contributed by atoms with Gasteiger partial charge in [-0.05, 0) is 30.2 Å². The predicted molar refractivity (Wildman–Crippen MR) is 69.3 cm³/mol. The van der Waals surface area contributed by atoms with Gasteiger partial charge >= 0.3 is 0 Å². The lowest BCUT2D eigenvalue weighted by Crippen LogP contribution is -1.85. The number of hydrogen-bond acceptors (Lipinski definition) is 0. The Morgan fingerprint density at radius 1 is 1.00 bits per heavy atom. The van der Waals surface area contributed by atoms with Crippen LogP contribution in [0.15, 0.2) is 46.9 Å². The van der Waals surface area contributed by atoms with Gasteiger partial charge in [-0.15, -0.1) is 0 Å². The number of benzene rings is 2. The molecule has 0 aliphatic rings. The molecule has 0 fully saturated rings. The lowest BCUT2D eigenvalue weighted by atomic mass is 10.0. The van der Waals surface area contributed by atoms with Gasteiger partial charge in [-0.3, -0.25) is 0 Å². The van der Waals surface area contributed by atoms with E-state index < -0.39 is 0 Å². The van der Waals surface area contributed by atoms with E-state index in [0.717, 1.165) is 20.6 Å². The molecule has 0 atom stereocenters. The van der Waals surface area contributed by atoms with Crippen molar-refractivity contribution in [2.75, 3.05) is 0 Å². The number of hydrogen-bond donors (Lipinski definition) is 0. The van der Waals surface area contributed by atoms with Crippen molar-refractivity contribution in [3.05, 3.63) is 57.5 Å². The van der Waals surface area contributed by atoms with Crippen molar-refractivity contribution in [2.45, 2.75) is 6.92 Å². The molecule has 0 saturated carbocycles. The van der Waals surface area contributed by atoms with Crippen LogP contribution < -0.4 is 0 Å². The maximum absolute atomic E-state index is 6.22. The van der Waals surface area contributed by atoms with Gasteiger partial charge in [0.2, 0.25) is 0 Å². The number of rotatable bonds is 1. The van der Waals surface area contributed by atoms with Gasteiger partial charge in [0.25, 0.3) is 0 Å². The van der Waals surface area contributed by atoms with Crippen LogP contribution in [-0.4, -0.2) is 0 Å². The SMILES string of the molecule is Cc1cccc(Cl)c1-c1ccccc1Br. The Bertz CT molecular complexity index is 471. The molecule has 0 aliphatic heterocycles. The highest BCUT2D eigenvalue weighted by molar-refractivity contribution is 9.10. The van der Waals surface area contributed by atoms with Crippen LogP contribution in [0.4, 0.5) is 0 Å². The summed E-state index contributed by atoms with van der Waals surface area (Å²) in [6, 6.07) is 14.1. The maximum atomic E-state index is 6.22. The van der Waals surface area contributed by atoms with Crippen LogP contribution in [0.1, 0.15) is 5.56 Å².